The van der Waals surface area contributed by atoms with Gasteiger partial charge in [-0.05, 0) is 29.8 Å². The van der Waals surface area contributed by atoms with E-state index < -0.39 is 11.3 Å². The fraction of sp³-hybridized carbons (Fsp3) is 0.333. The van der Waals surface area contributed by atoms with Gasteiger partial charge in [0.05, 0.1) is 18.5 Å². The lowest BCUT2D eigenvalue weighted by Gasteiger charge is -2.13. The number of halogens is 1. The van der Waals surface area contributed by atoms with Crippen molar-refractivity contribution in [2.45, 2.75) is 13.8 Å². The number of rotatable bonds is 2. The van der Waals surface area contributed by atoms with Gasteiger partial charge in [-0.2, -0.15) is 5.26 Å². The lowest BCUT2D eigenvalue weighted by Crippen LogP contribution is -2.29. The van der Waals surface area contributed by atoms with Crippen molar-refractivity contribution in [3.63, 3.8) is 0 Å². The molecule has 5 nitrogen and oxygen atoms in total. The summed E-state index contributed by atoms with van der Waals surface area (Å²) in [5, 5.41) is 11.2. The molecule has 0 atom stereocenters. The van der Waals surface area contributed by atoms with Crippen LogP contribution in [0.3, 0.4) is 0 Å². The number of nitriles is 1. The van der Waals surface area contributed by atoms with Crippen LogP contribution in [-0.4, -0.2) is 15.9 Å². The van der Waals surface area contributed by atoms with Crippen LogP contribution in [0.1, 0.15) is 13.8 Å². The van der Waals surface area contributed by atoms with E-state index in [2.05, 4.69) is 31.2 Å². The first-order valence-corrected chi connectivity index (χ1v) is 4.95. The van der Waals surface area contributed by atoms with Gasteiger partial charge >= 0.3 is 0 Å². The second-order valence-electron chi connectivity index (χ2n) is 3.42. The standard InChI is InChI=1S/C9H9BrN4O/c1-9(2,5-11)8(15)14-7-4-12-6(10)3-13-7/h3-4H,1-2H3,(H,13,14,15). The van der Waals surface area contributed by atoms with Crippen LogP contribution in [0.4, 0.5) is 5.82 Å². The van der Waals surface area contributed by atoms with Crippen LogP contribution in [0, 0.1) is 16.7 Å². The first-order chi connectivity index (χ1) is 6.95. The van der Waals surface area contributed by atoms with Gasteiger partial charge in [0, 0.05) is 0 Å². The normalized spacial score (nSPS) is 10.5. The average Bonchev–Trinajstić information content (AvgIpc) is 2.21. The van der Waals surface area contributed by atoms with Gasteiger partial charge in [-0.1, -0.05) is 0 Å². The van der Waals surface area contributed by atoms with E-state index in [0.29, 0.717) is 10.4 Å². The fourth-order valence-electron chi connectivity index (χ4n) is 0.700. The molecule has 0 aliphatic rings. The van der Waals surface area contributed by atoms with Crippen LogP contribution in [-0.2, 0) is 4.79 Å². The lowest BCUT2D eigenvalue weighted by molar-refractivity contribution is -0.121. The Morgan fingerprint density at radius 1 is 1.53 bits per heavy atom. The molecule has 1 rings (SSSR count). The number of aromatic nitrogens is 2. The minimum atomic E-state index is -1.07. The van der Waals surface area contributed by atoms with Crippen molar-refractivity contribution in [2.24, 2.45) is 5.41 Å². The summed E-state index contributed by atoms with van der Waals surface area (Å²) in [6.45, 7) is 3.07. The second-order valence-corrected chi connectivity index (χ2v) is 4.23. The monoisotopic (exact) mass is 268 g/mol. The molecule has 0 spiro atoms. The summed E-state index contributed by atoms with van der Waals surface area (Å²) >= 11 is 3.13. The zero-order chi connectivity index (χ0) is 11.5. The van der Waals surface area contributed by atoms with E-state index in [1.807, 2.05) is 6.07 Å². The molecule has 0 bridgehead atoms. The summed E-state index contributed by atoms with van der Waals surface area (Å²) in [6, 6.07) is 1.90. The van der Waals surface area contributed by atoms with Gasteiger partial charge in [0.15, 0.2) is 5.82 Å². The molecule has 1 heterocycles. The molecule has 0 aliphatic carbocycles. The van der Waals surface area contributed by atoms with E-state index in [1.165, 1.54) is 26.2 Å². The molecule has 0 radical (unpaired) electrons. The topological polar surface area (TPSA) is 78.7 Å². The largest absolute Gasteiger partial charge is 0.308 e. The highest BCUT2D eigenvalue weighted by Crippen LogP contribution is 2.16. The molecule has 0 aromatic carbocycles. The highest BCUT2D eigenvalue weighted by Gasteiger charge is 2.27. The number of carbonyl (C=O) groups excluding carboxylic acids is 1. The van der Waals surface area contributed by atoms with Crippen molar-refractivity contribution in [3.8, 4) is 6.07 Å². The Bertz CT molecular complexity index is 407. The van der Waals surface area contributed by atoms with Gasteiger partial charge < -0.3 is 5.32 Å². The Kier molecular flexibility index (Phi) is 3.37. The minimum Gasteiger partial charge on any atom is -0.308 e. The molecule has 1 amide bonds. The Morgan fingerprint density at radius 2 is 2.20 bits per heavy atom. The maximum absolute atomic E-state index is 11.5. The highest BCUT2D eigenvalue weighted by molar-refractivity contribution is 9.10. The zero-order valence-corrected chi connectivity index (χ0v) is 9.87. The summed E-state index contributed by atoms with van der Waals surface area (Å²) in [5.41, 5.74) is -1.07. The Balaban J connectivity index is 2.76. The van der Waals surface area contributed by atoms with Crippen molar-refractivity contribution in [1.82, 2.24) is 9.97 Å². The smallest absolute Gasteiger partial charge is 0.245 e. The van der Waals surface area contributed by atoms with Crippen molar-refractivity contribution in [2.75, 3.05) is 5.32 Å². The highest BCUT2D eigenvalue weighted by atomic mass is 79.9. The number of anilines is 1. The summed E-state index contributed by atoms with van der Waals surface area (Å²) in [4.78, 5) is 19.3. The van der Waals surface area contributed by atoms with Gasteiger partial charge in [0.2, 0.25) is 5.91 Å². The van der Waals surface area contributed by atoms with Crippen LogP contribution in [0.5, 0.6) is 0 Å². The summed E-state index contributed by atoms with van der Waals surface area (Å²) in [5.74, 6) is -0.0758. The van der Waals surface area contributed by atoms with Crippen LogP contribution in [0.2, 0.25) is 0 Å². The van der Waals surface area contributed by atoms with Gasteiger partial charge in [0.1, 0.15) is 10.0 Å². The third kappa shape index (κ3) is 2.99. The van der Waals surface area contributed by atoms with Crippen LogP contribution in [0.15, 0.2) is 17.0 Å². The van der Waals surface area contributed by atoms with Gasteiger partial charge in [0.25, 0.3) is 0 Å². The minimum absolute atomic E-state index is 0.325. The van der Waals surface area contributed by atoms with E-state index in [0.717, 1.165) is 0 Å². The molecule has 78 valence electrons. The van der Waals surface area contributed by atoms with Crippen LogP contribution >= 0.6 is 15.9 Å². The lowest BCUT2D eigenvalue weighted by atomic mass is 9.95. The molecule has 0 aliphatic heterocycles. The zero-order valence-electron chi connectivity index (χ0n) is 8.28. The Morgan fingerprint density at radius 3 is 2.67 bits per heavy atom. The summed E-state index contributed by atoms with van der Waals surface area (Å²) < 4.78 is 0.583. The number of nitrogens with zero attached hydrogens (tertiary/aromatic N) is 3. The SMILES string of the molecule is CC(C)(C#N)C(=O)Nc1cnc(Br)cn1. The molecular weight excluding hydrogens is 260 g/mol. The van der Waals surface area contributed by atoms with Gasteiger partial charge in [-0.3, -0.25) is 4.79 Å². The molecule has 1 aromatic rings. The molecule has 0 saturated carbocycles. The van der Waals surface area contributed by atoms with Crippen molar-refractivity contribution < 1.29 is 4.79 Å². The number of amides is 1. The van der Waals surface area contributed by atoms with Crippen LogP contribution < -0.4 is 5.32 Å². The summed E-state index contributed by atoms with van der Waals surface area (Å²) in [6.07, 6.45) is 2.88. The molecular formula is C9H9BrN4O. The number of nitrogens with one attached hydrogen (secondary N) is 1. The maximum Gasteiger partial charge on any atom is 0.245 e. The third-order valence-corrected chi connectivity index (χ3v) is 2.12. The molecule has 0 fully saturated rings. The fourth-order valence-corrected chi connectivity index (χ4v) is 0.905. The first-order valence-electron chi connectivity index (χ1n) is 4.16. The predicted molar refractivity (Wildman–Crippen MR) is 57.8 cm³/mol. The number of carbonyl (C=O) groups is 1. The maximum atomic E-state index is 11.5. The van der Waals surface area contributed by atoms with E-state index in [9.17, 15) is 4.79 Å². The van der Waals surface area contributed by atoms with Crippen molar-refractivity contribution in [1.29, 1.82) is 5.26 Å². The third-order valence-electron chi connectivity index (χ3n) is 1.71. The predicted octanol–water partition coefficient (Wildman–Crippen LogP) is 1.73. The number of hydrogen-bond donors (Lipinski definition) is 1. The molecule has 6 heteroatoms. The molecule has 0 unspecified atom stereocenters. The first kappa shape index (κ1) is 11.6. The molecule has 0 saturated heterocycles. The molecule has 1 aromatic heterocycles. The quantitative estimate of drug-likeness (QED) is 0.886. The Hall–Kier alpha value is -1.48. The average molecular weight is 269 g/mol. The second kappa shape index (κ2) is 4.36. The van der Waals surface area contributed by atoms with Crippen LogP contribution in [0.25, 0.3) is 0 Å². The summed E-state index contributed by atoms with van der Waals surface area (Å²) in [7, 11) is 0. The van der Waals surface area contributed by atoms with Gasteiger partial charge in [-0.15, -0.1) is 0 Å². The number of hydrogen-bond acceptors (Lipinski definition) is 4. The van der Waals surface area contributed by atoms with E-state index >= 15 is 0 Å². The molecule has 15 heavy (non-hydrogen) atoms. The van der Waals surface area contributed by atoms with E-state index in [4.69, 9.17) is 5.26 Å². The van der Waals surface area contributed by atoms with E-state index in [-0.39, 0.29) is 0 Å². The van der Waals surface area contributed by atoms with Crippen molar-refractivity contribution >= 4 is 27.7 Å². The van der Waals surface area contributed by atoms with Crippen molar-refractivity contribution in [3.05, 3.63) is 17.0 Å². The molecule has 1 N–H and O–H groups in total. The van der Waals surface area contributed by atoms with E-state index in [1.54, 1.807) is 0 Å². The Labute approximate surface area is 95.7 Å². The van der Waals surface area contributed by atoms with Gasteiger partial charge in [-0.25, -0.2) is 9.97 Å².